The molecule has 4 aromatic rings. The quantitative estimate of drug-likeness (QED) is 0.167. The second-order valence-corrected chi connectivity index (χ2v) is 11.3. The first-order valence-electron chi connectivity index (χ1n) is 12.7. The van der Waals surface area contributed by atoms with Gasteiger partial charge in [0.1, 0.15) is 17.3 Å². The van der Waals surface area contributed by atoms with Gasteiger partial charge in [0.05, 0.1) is 35.5 Å². The fourth-order valence-corrected chi connectivity index (χ4v) is 5.69. The molecule has 1 aliphatic heterocycles. The van der Waals surface area contributed by atoms with Crippen molar-refractivity contribution >= 4 is 44.1 Å². The number of hydrogen-bond acceptors (Lipinski definition) is 7. The van der Waals surface area contributed by atoms with Gasteiger partial charge in [-0.05, 0) is 65.9 Å². The van der Waals surface area contributed by atoms with E-state index in [1.165, 1.54) is 16.2 Å². The number of thiazole rings is 1. The Bertz CT molecular complexity index is 1580. The van der Waals surface area contributed by atoms with Crippen molar-refractivity contribution in [2.24, 2.45) is 0 Å². The fraction of sp³-hybridized carbons (Fsp3) is 0.258. The van der Waals surface area contributed by atoms with E-state index in [2.05, 4.69) is 25.8 Å². The fourth-order valence-electron chi connectivity index (χ4n) is 4.66. The van der Waals surface area contributed by atoms with Crippen molar-refractivity contribution in [3.05, 3.63) is 89.0 Å². The monoisotopic (exact) mass is 542 g/mol. The van der Waals surface area contributed by atoms with Crippen molar-refractivity contribution in [2.45, 2.75) is 39.2 Å². The van der Waals surface area contributed by atoms with Gasteiger partial charge in [0.25, 0.3) is 5.78 Å². The first kappa shape index (κ1) is 26.4. The highest BCUT2D eigenvalue weighted by Crippen LogP contribution is 2.45. The summed E-state index contributed by atoms with van der Waals surface area (Å²) in [6.45, 7) is 8.76. The van der Waals surface area contributed by atoms with Crippen LogP contribution in [0.15, 0.2) is 72.3 Å². The summed E-state index contributed by atoms with van der Waals surface area (Å²) in [6, 6.07) is 19.2. The smallest absolute Gasteiger partial charge is 0.301 e. The molecule has 39 heavy (non-hydrogen) atoms. The summed E-state index contributed by atoms with van der Waals surface area (Å²) in [6.07, 6.45) is 0. The average molecular weight is 543 g/mol. The Balaban J connectivity index is 1.67. The van der Waals surface area contributed by atoms with Crippen LogP contribution in [0.3, 0.4) is 0 Å². The van der Waals surface area contributed by atoms with Gasteiger partial charge in [-0.1, -0.05) is 56.4 Å². The lowest BCUT2D eigenvalue weighted by Gasteiger charge is -2.24. The highest BCUT2D eigenvalue weighted by atomic mass is 32.1. The molecule has 5 rings (SSSR count). The van der Waals surface area contributed by atoms with Crippen LogP contribution >= 0.6 is 11.3 Å². The summed E-state index contributed by atoms with van der Waals surface area (Å²) < 4.78 is 11.7. The lowest BCUT2D eigenvalue weighted by atomic mass is 9.85. The molecule has 7 nitrogen and oxygen atoms in total. The Morgan fingerprint density at radius 1 is 1.00 bits per heavy atom. The average Bonchev–Trinajstić information content (AvgIpc) is 3.46. The maximum atomic E-state index is 13.6. The summed E-state index contributed by atoms with van der Waals surface area (Å²) in [5.74, 6) is -0.425. The number of methoxy groups -OCH3 is 1. The van der Waals surface area contributed by atoms with Crippen molar-refractivity contribution in [3.8, 4) is 11.5 Å². The zero-order valence-electron chi connectivity index (χ0n) is 22.5. The number of ketones is 1. The Morgan fingerprint density at radius 2 is 1.67 bits per heavy atom. The van der Waals surface area contributed by atoms with Gasteiger partial charge >= 0.3 is 5.91 Å². The predicted octanol–water partition coefficient (Wildman–Crippen LogP) is 6.63. The molecule has 1 atom stereocenters. The normalized spacial score (nSPS) is 17.2. The molecule has 1 N–H and O–H groups in total. The summed E-state index contributed by atoms with van der Waals surface area (Å²) in [7, 11) is 1.59. The van der Waals surface area contributed by atoms with Crippen LogP contribution in [0.5, 0.6) is 11.5 Å². The van der Waals surface area contributed by atoms with Gasteiger partial charge in [0.15, 0.2) is 5.13 Å². The van der Waals surface area contributed by atoms with Gasteiger partial charge in [0, 0.05) is 5.56 Å². The number of carbonyl (C=O) groups excluding carboxylic acids is 2. The maximum Gasteiger partial charge on any atom is 0.301 e. The molecule has 2 heterocycles. The van der Waals surface area contributed by atoms with Gasteiger partial charge in [0.2, 0.25) is 0 Å². The first-order valence-corrected chi connectivity index (χ1v) is 13.5. The second-order valence-electron chi connectivity index (χ2n) is 10.3. The summed E-state index contributed by atoms with van der Waals surface area (Å²) in [5, 5.41) is 11.8. The van der Waals surface area contributed by atoms with E-state index in [9.17, 15) is 14.7 Å². The van der Waals surface area contributed by atoms with Crippen molar-refractivity contribution in [2.75, 3.05) is 18.6 Å². The molecule has 3 aromatic carbocycles. The zero-order chi connectivity index (χ0) is 27.9. The van der Waals surface area contributed by atoms with Crippen LogP contribution in [0.2, 0.25) is 0 Å². The van der Waals surface area contributed by atoms with E-state index in [1.807, 2.05) is 43.3 Å². The number of aliphatic hydroxyl groups excluding tert-OH is 1. The van der Waals surface area contributed by atoms with Crippen LogP contribution in [0.4, 0.5) is 5.13 Å². The van der Waals surface area contributed by atoms with Crippen molar-refractivity contribution in [1.82, 2.24) is 4.98 Å². The number of rotatable bonds is 6. The molecule has 0 aliphatic carbocycles. The van der Waals surface area contributed by atoms with E-state index in [0.29, 0.717) is 39.9 Å². The van der Waals surface area contributed by atoms with E-state index < -0.39 is 17.7 Å². The number of anilines is 1. The molecule has 1 saturated heterocycles. The summed E-state index contributed by atoms with van der Waals surface area (Å²) in [4.78, 5) is 33.2. The minimum atomic E-state index is -0.854. The molecule has 0 spiro atoms. The van der Waals surface area contributed by atoms with E-state index in [-0.39, 0.29) is 16.7 Å². The number of carbonyl (C=O) groups is 2. The third-order valence-corrected chi connectivity index (χ3v) is 7.78. The molecular weight excluding hydrogens is 512 g/mol. The standard InChI is InChI=1S/C31H30N2O5S/c1-6-38-21-13-9-19(10-14-21)27(34)25-26(18-7-11-20(12-8-18)31(2,3)4)33(29(36)28(25)35)30-32-23-16-15-22(37-5)17-24(23)39-30/h7-17,26,34H,6H2,1-5H3/b27-25+/t26-/m1/s1. The number of benzene rings is 3. The predicted molar refractivity (Wildman–Crippen MR) is 154 cm³/mol. The zero-order valence-corrected chi connectivity index (χ0v) is 23.3. The van der Waals surface area contributed by atoms with Gasteiger partial charge < -0.3 is 14.6 Å². The minimum Gasteiger partial charge on any atom is -0.507 e. The largest absolute Gasteiger partial charge is 0.507 e. The van der Waals surface area contributed by atoms with Crippen LogP contribution in [0.1, 0.15) is 50.4 Å². The first-order chi connectivity index (χ1) is 18.6. The second kappa shape index (κ2) is 10.2. The van der Waals surface area contributed by atoms with Crippen LogP contribution in [0, 0.1) is 0 Å². The third-order valence-electron chi connectivity index (χ3n) is 6.77. The molecule has 1 aliphatic rings. The highest BCUT2D eigenvalue weighted by molar-refractivity contribution is 7.22. The molecule has 8 heteroatoms. The van der Waals surface area contributed by atoms with Gasteiger partial charge in [-0.15, -0.1) is 0 Å². The lowest BCUT2D eigenvalue weighted by Crippen LogP contribution is -2.29. The maximum absolute atomic E-state index is 13.6. The number of ether oxygens (including phenoxy) is 2. The molecule has 0 bridgehead atoms. The number of aliphatic hydroxyl groups is 1. The molecular formula is C31H30N2O5S. The minimum absolute atomic E-state index is 0.0181. The molecule has 0 unspecified atom stereocenters. The van der Waals surface area contributed by atoms with Crippen molar-refractivity contribution < 1.29 is 24.2 Å². The Labute approximate surface area is 231 Å². The van der Waals surface area contributed by atoms with Crippen molar-refractivity contribution in [1.29, 1.82) is 0 Å². The van der Waals surface area contributed by atoms with Gasteiger partial charge in [-0.2, -0.15) is 0 Å². The third kappa shape index (κ3) is 4.88. The Morgan fingerprint density at radius 3 is 2.28 bits per heavy atom. The van der Waals surface area contributed by atoms with Crippen LogP contribution in [0.25, 0.3) is 16.0 Å². The molecule has 1 amide bonds. The number of hydrogen-bond donors (Lipinski definition) is 1. The van der Waals surface area contributed by atoms with Crippen molar-refractivity contribution in [3.63, 3.8) is 0 Å². The summed E-state index contributed by atoms with van der Waals surface area (Å²) in [5.41, 5.74) is 2.86. The number of nitrogens with zero attached hydrogens (tertiary/aromatic N) is 2. The number of Topliss-reactive ketones (excluding diaryl/α,β-unsaturated/α-hetero) is 1. The molecule has 1 fully saturated rings. The van der Waals surface area contributed by atoms with Gasteiger partial charge in [-0.25, -0.2) is 4.98 Å². The molecule has 200 valence electrons. The topological polar surface area (TPSA) is 89.0 Å². The lowest BCUT2D eigenvalue weighted by molar-refractivity contribution is -0.132. The molecule has 0 radical (unpaired) electrons. The number of fused-ring (bicyclic) bond motifs is 1. The van der Waals surface area contributed by atoms with E-state index in [0.717, 1.165) is 10.3 Å². The highest BCUT2D eigenvalue weighted by Gasteiger charge is 2.48. The number of amides is 1. The van der Waals surface area contributed by atoms with Crippen LogP contribution in [-0.4, -0.2) is 35.5 Å². The SMILES string of the molecule is CCOc1ccc(/C(O)=C2\C(=O)C(=O)N(c3nc4ccc(OC)cc4s3)[C@@H]2c2ccc(C(C)(C)C)cc2)cc1. The number of aromatic nitrogens is 1. The molecule has 0 saturated carbocycles. The molecule has 1 aromatic heterocycles. The Kier molecular flexibility index (Phi) is 6.91. The van der Waals surface area contributed by atoms with E-state index >= 15 is 0 Å². The Hall–Kier alpha value is -4.17. The van der Waals surface area contributed by atoms with Crippen LogP contribution < -0.4 is 14.4 Å². The van der Waals surface area contributed by atoms with E-state index in [4.69, 9.17) is 9.47 Å². The van der Waals surface area contributed by atoms with Crippen LogP contribution in [-0.2, 0) is 15.0 Å². The summed E-state index contributed by atoms with van der Waals surface area (Å²) >= 11 is 1.29. The van der Waals surface area contributed by atoms with Gasteiger partial charge in [-0.3, -0.25) is 14.5 Å². The van der Waals surface area contributed by atoms with E-state index in [1.54, 1.807) is 37.4 Å².